The molecule has 0 aliphatic rings. The van der Waals surface area contributed by atoms with Gasteiger partial charge in [0.05, 0.1) is 55.6 Å². The fraction of sp³-hybridized carbons (Fsp3) is 0.294. The zero-order chi connectivity index (χ0) is 24.2. The Morgan fingerprint density at radius 1 is 1.42 bits per heavy atom. The number of hydrogen-bond donors (Lipinski definition) is 1. The highest BCUT2D eigenvalue weighted by Gasteiger charge is 2.16. The summed E-state index contributed by atoms with van der Waals surface area (Å²) in [5.41, 5.74) is -2.68. The van der Waals surface area contributed by atoms with Crippen LogP contribution in [0.4, 0.5) is 0 Å². The molecule has 2 heterocycles. The number of methoxy groups -OCH3 is 2. The Labute approximate surface area is 153 Å². The number of ether oxygens (including phenoxy) is 2. The van der Waals surface area contributed by atoms with Crippen LogP contribution in [0, 0.1) is 13.8 Å². The van der Waals surface area contributed by atoms with Gasteiger partial charge in [-0.3, -0.25) is 9.19 Å². The number of hydrogen-bond acceptors (Lipinski definition) is 5. The van der Waals surface area contributed by atoms with Gasteiger partial charge in [0.2, 0.25) is 0 Å². The molecule has 6 nitrogen and oxygen atoms in total. The maximum Gasteiger partial charge on any atom is 0.197 e. The van der Waals surface area contributed by atoms with Crippen LogP contribution in [0.15, 0.2) is 29.5 Å². The molecule has 0 amide bonds. The summed E-state index contributed by atoms with van der Waals surface area (Å²) in [4.78, 5) is 10.6. The molecule has 0 fully saturated rings. The first kappa shape index (κ1) is 9.17. The van der Waals surface area contributed by atoms with Gasteiger partial charge in [0.15, 0.2) is 5.16 Å². The smallest absolute Gasteiger partial charge is 0.197 e. The van der Waals surface area contributed by atoms with Crippen molar-refractivity contribution in [2.24, 2.45) is 0 Å². The second-order valence-corrected chi connectivity index (χ2v) is 6.02. The molecule has 0 aliphatic carbocycles. The summed E-state index contributed by atoms with van der Waals surface area (Å²) in [5, 5.41) is -0.375. The topological polar surface area (TPSA) is 77.1 Å². The molecule has 126 valence electrons. The number of imidazole rings is 1. The number of rotatable bonds is 5. The normalized spacial score (nSPS) is 18.3. The Balaban J connectivity index is 2.14. The second-order valence-electron chi connectivity index (χ2n) is 4.89. The average molecular weight is 353 g/mol. The van der Waals surface area contributed by atoms with Crippen molar-refractivity contribution in [1.29, 1.82) is 0 Å². The van der Waals surface area contributed by atoms with Crippen LogP contribution in [0.2, 0.25) is 0 Å². The van der Waals surface area contributed by atoms with E-state index in [1.165, 1.54) is 20.2 Å². The van der Waals surface area contributed by atoms with Crippen LogP contribution in [-0.2, 0) is 16.5 Å². The minimum atomic E-state index is -2.78. The van der Waals surface area contributed by atoms with Crippen molar-refractivity contribution in [3.8, 4) is 11.5 Å². The molecule has 3 aromatic rings. The lowest BCUT2D eigenvalue weighted by molar-refractivity contribution is 0.407. The van der Waals surface area contributed by atoms with Crippen molar-refractivity contribution in [2.75, 3.05) is 14.1 Å². The van der Waals surface area contributed by atoms with E-state index in [9.17, 15) is 4.21 Å². The molecule has 0 radical (unpaired) electrons. The molecular formula is C17H19N3O3S. The summed E-state index contributed by atoms with van der Waals surface area (Å²) in [7, 11) is -4.05. The van der Waals surface area contributed by atoms with E-state index in [4.69, 9.17) is 20.4 Å². The Bertz CT molecular complexity index is 1240. The third kappa shape index (κ3) is 2.99. The first-order valence-electron chi connectivity index (χ1n) is 10.8. The number of aromatic amines is 1. The summed E-state index contributed by atoms with van der Waals surface area (Å²) >= 11 is 0. The highest BCUT2D eigenvalue weighted by atomic mass is 32.2. The third-order valence-corrected chi connectivity index (χ3v) is 4.25. The maximum atomic E-state index is 13.2. The molecule has 0 saturated carbocycles. The molecule has 0 aliphatic heterocycles. The molecule has 3 rings (SSSR count). The fourth-order valence-corrected chi connectivity index (χ4v) is 2.95. The molecule has 0 saturated heterocycles. The van der Waals surface area contributed by atoms with Crippen LogP contribution in [0.3, 0.4) is 0 Å². The van der Waals surface area contributed by atoms with Gasteiger partial charge in [-0.15, -0.1) is 0 Å². The largest absolute Gasteiger partial charge is 0.497 e. The van der Waals surface area contributed by atoms with Crippen LogP contribution in [-0.4, -0.2) is 33.3 Å². The fourth-order valence-electron chi connectivity index (χ4n) is 2.10. The zero-order valence-electron chi connectivity index (χ0n) is 21.1. The summed E-state index contributed by atoms with van der Waals surface area (Å²) in [6.07, 6.45) is 1.22. The molecular weight excluding hydrogens is 326 g/mol. The van der Waals surface area contributed by atoms with Crippen molar-refractivity contribution in [3.05, 3.63) is 41.1 Å². The monoisotopic (exact) mass is 353 g/mol. The van der Waals surface area contributed by atoms with Gasteiger partial charge in [0.25, 0.3) is 0 Å². The molecule has 1 N–H and O–H groups in total. The second kappa shape index (κ2) is 6.60. The van der Waals surface area contributed by atoms with Crippen LogP contribution in [0.5, 0.6) is 11.5 Å². The molecule has 2 aromatic heterocycles. The number of H-pyrrole nitrogens is 1. The standard InChI is InChI=1S/C17H19N3O3S/c1-10-8-18-15(11(2)16(10)23-4)9-24(21)17-19-13-6-5-12(22-3)7-14(13)20-17/h5-8H,9H2,1-4H3,(H,19,20)/i4D3,5D,6D,7D,9D2. The number of fused-ring (bicyclic) bond motifs is 1. The Morgan fingerprint density at radius 3 is 3.00 bits per heavy atom. The minimum absolute atomic E-state index is 0.0259. The van der Waals surface area contributed by atoms with Crippen molar-refractivity contribution >= 4 is 21.8 Å². The Kier molecular flexibility index (Phi) is 2.52. The van der Waals surface area contributed by atoms with E-state index in [0.29, 0.717) is 5.56 Å². The van der Waals surface area contributed by atoms with E-state index in [-0.39, 0.29) is 57.1 Å². The predicted molar refractivity (Wildman–Crippen MR) is 93.0 cm³/mol. The van der Waals surface area contributed by atoms with Gasteiger partial charge in [0.1, 0.15) is 11.5 Å². The highest BCUT2D eigenvalue weighted by Crippen LogP contribution is 2.26. The molecule has 0 bridgehead atoms. The first-order chi connectivity index (χ1) is 14.7. The molecule has 24 heavy (non-hydrogen) atoms. The van der Waals surface area contributed by atoms with Gasteiger partial charge in [-0.1, -0.05) is 0 Å². The first-order valence-corrected chi connectivity index (χ1v) is 7.96. The summed E-state index contributed by atoms with van der Waals surface area (Å²) in [6.45, 7) is 2.96. The van der Waals surface area contributed by atoms with E-state index < -0.39 is 23.5 Å². The van der Waals surface area contributed by atoms with E-state index >= 15 is 0 Å². The van der Waals surface area contributed by atoms with Gasteiger partial charge in [-0.2, -0.15) is 0 Å². The van der Waals surface area contributed by atoms with Gasteiger partial charge in [-0.05, 0) is 25.9 Å². The number of nitrogens with one attached hydrogen (secondary N) is 1. The minimum Gasteiger partial charge on any atom is -0.497 e. The number of aryl methyl sites for hydroxylation is 1. The third-order valence-electron chi connectivity index (χ3n) is 3.33. The molecule has 7 heteroatoms. The average Bonchev–Trinajstić information content (AvgIpc) is 3.14. The van der Waals surface area contributed by atoms with Crippen LogP contribution < -0.4 is 9.47 Å². The number of pyridine rings is 1. The van der Waals surface area contributed by atoms with Crippen LogP contribution in [0.1, 0.15) is 27.8 Å². The number of benzene rings is 1. The van der Waals surface area contributed by atoms with Crippen LogP contribution >= 0.6 is 0 Å². The van der Waals surface area contributed by atoms with Crippen molar-refractivity contribution in [3.63, 3.8) is 0 Å². The summed E-state index contributed by atoms with van der Waals surface area (Å²) in [5.74, 6) is -0.264. The summed E-state index contributed by atoms with van der Waals surface area (Å²) < 4.78 is 86.2. The highest BCUT2D eigenvalue weighted by molar-refractivity contribution is 7.84. The molecule has 1 atom stereocenters. The SMILES string of the molecule is [2H]c1c(OC)c([2H])c2[nH]c(S(=O)C([2H])([2H])c3ncc(C)c(OC([2H])([2H])[2H])c3C)nc2c1[2H]. The van der Waals surface area contributed by atoms with Crippen molar-refractivity contribution in [1.82, 2.24) is 15.0 Å². The predicted octanol–water partition coefficient (Wildman–Crippen LogP) is 2.90. The quantitative estimate of drug-likeness (QED) is 0.763. The lowest BCUT2D eigenvalue weighted by atomic mass is 10.1. The van der Waals surface area contributed by atoms with E-state index in [0.717, 1.165) is 0 Å². The number of aromatic nitrogens is 3. The van der Waals surface area contributed by atoms with Crippen molar-refractivity contribution < 1.29 is 24.6 Å². The van der Waals surface area contributed by atoms with Gasteiger partial charge in [0, 0.05) is 26.1 Å². The molecule has 0 spiro atoms. The Morgan fingerprint density at radius 2 is 2.25 bits per heavy atom. The van der Waals surface area contributed by atoms with Crippen LogP contribution in [0.25, 0.3) is 11.0 Å². The van der Waals surface area contributed by atoms with Gasteiger partial charge >= 0.3 is 0 Å². The summed E-state index contributed by atoms with van der Waals surface area (Å²) in [6, 6.07) is -1.02. The number of nitrogens with zero attached hydrogens (tertiary/aromatic N) is 2. The lowest BCUT2D eigenvalue weighted by Gasteiger charge is -2.11. The van der Waals surface area contributed by atoms with E-state index in [1.54, 1.807) is 6.92 Å². The Hall–Kier alpha value is -2.41. The van der Waals surface area contributed by atoms with E-state index in [1.807, 2.05) is 0 Å². The van der Waals surface area contributed by atoms with Crippen molar-refractivity contribution in [2.45, 2.75) is 24.7 Å². The van der Waals surface area contributed by atoms with E-state index in [2.05, 4.69) is 15.0 Å². The molecule has 1 aromatic carbocycles. The van der Waals surface area contributed by atoms with Gasteiger partial charge < -0.3 is 14.5 Å². The van der Waals surface area contributed by atoms with Gasteiger partial charge in [-0.25, -0.2) is 4.98 Å². The zero-order valence-corrected chi connectivity index (χ0v) is 13.9. The lowest BCUT2D eigenvalue weighted by Crippen LogP contribution is -2.05. The molecule has 1 unspecified atom stereocenters. The maximum absolute atomic E-state index is 13.2.